The standard InChI is InChI=1S/C15H24N4OS.2ClH/c1-2-13-11-17-15(21-13)19-8-6-18(7-9-19)14(20)10-12-4-3-5-16-12;;/h11-12,16H,2-10H2,1H3;2*1H. The number of carbonyl (C=O) groups is 1. The number of piperazine rings is 1. The number of aromatic nitrogens is 1. The molecule has 23 heavy (non-hydrogen) atoms. The molecule has 1 N–H and O–H groups in total. The molecule has 3 heterocycles. The summed E-state index contributed by atoms with van der Waals surface area (Å²) in [6, 6.07) is 0.404. The molecule has 2 saturated heterocycles. The van der Waals surface area contributed by atoms with E-state index in [4.69, 9.17) is 0 Å². The third kappa shape index (κ3) is 5.21. The van der Waals surface area contributed by atoms with Crippen LogP contribution in [-0.4, -0.2) is 54.6 Å². The highest BCUT2D eigenvalue weighted by Crippen LogP contribution is 2.24. The third-order valence-electron chi connectivity index (χ3n) is 4.38. The van der Waals surface area contributed by atoms with Gasteiger partial charge in [0.25, 0.3) is 0 Å². The van der Waals surface area contributed by atoms with Crippen molar-refractivity contribution in [3.05, 3.63) is 11.1 Å². The second kappa shape index (κ2) is 9.67. The number of anilines is 1. The van der Waals surface area contributed by atoms with Crippen LogP contribution in [0.25, 0.3) is 0 Å². The van der Waals surface area contributed by atoms with Crippen LogP contribution in [0.1, 0.15) is 31.1 Å². The predicted octanol–water partition coefficient (Wildman–Crippen LogP) is 2.34. The molecule has 2 aliphatic heterocycles. The second-order valence-electron chi connectivity index (χ2n) is 5.83. The molecule has 5 nitrogen and oxygen atoms in total. The van der Waals surface area contributed by atoms with E-state index in [1.807, 2.05) is 11.1 Å². The highest BCUT2D eigenvalue weighted by molar-refractivity contribution is 7.15. The van der Waals surface area contributed by atoms with E-state index in [0.29, 0.717) is 18.4 Å². The summed E-state index contributed by atoms with van der Waals surface area (Å²) in [7, 11) is 0. The first kappa shape index (κ1) is 20.5. The first-order valence-electron chi connectivity index (χ1n) is 7.97. The molecule has 1 aromatic heterocycles. The molecule has 1 unspecified atom stereocenters. The molecule has 0 bridgehead atoms. The van der Waals surface area contributed by atoms with Crippen LogP contribution in [0.2, 0.25) is 0 Å². The van der Waals surface area contributed by atoms with Crippen LogP contribution in [0, 0.1) is 0 Å². The Morgan fingerprint density at radius 1 is 1.35 bits per heavy atom. The minimum Gasteiger partial charge on any atom is -0.345 e. The predicted molar refractivity (Wildman–Crippen MR) is 100 cm³/mol. The quantitative estimate of drug-likeness (QED) is 0.870. The molecule has 132 valence electrons. The first-order chi connectivity index (χ1) is 10.3. The fourth-order valence-corrected chi connectivity index (χ4v) is 3.93. The Labute approximate surface area is 154 Å². The van der Waals surface area contributed by atoms with Crippen molar-refractivity contribution in [1.82, 2.24) is 15.2 Å². The fraction of sp³-hybridized carbons (Fsp3) is 0.733. The number of rotatable bonds is 4. The zero-order valence-corrected chi connectivity index (χ0v) is 15.9. The SMILES string of the molecule is CCc1cnc(N2CCN(C(=O)CC3CCCN3)CC2)s1.Cl.Cl. The maximum atomic E-state index is 12.3. The molecule has 8 heteroatoms. The number of aryl methyl sites for hydroxylation is 1. The molecule has 1 aromatic rings. The van der Waals surface area contributed by atoms with E-state index in [2.05, 4.69) is 22.1 Å². The Morgan fingerprint density at radius 3 is 2.65 bits per heavy atom. The maximum Gasteiger partial charge on any atom is 0.224 e. The van der Waals surface area contributed by atoms with Crippen LogP contribution in [-0.2, 0) is 11.2 Å². The summed E-state index contributed by atoms with van der Waals surface area (Å²) in [5.41, 5.74) is 0. The van der Waals surface area contributed by atoms with Crippen molar-refractivity contribution in [3.8, 4) is 0 Å². The minimum atomic E-state index is 0. The average molecular weight is 381 g/mol. The molecular weight excluding hydrogens is 355 g/mol. The number of thiazole rings is 1. The smallest absolute Gasteiger partial charge is 0.224 e. The number of nitrogens with one attached hydrogen (secondary N) is 1. The van der Waals surface area contributed by atoms with Crippen LogP contribution in [0.3, 0.4) is 0 Å². The van der Waals surface area contributed by atoms with E-state index in [1.165, 1.54) is 11.3 Å². The Hall–Kier alpha value is -0.560. The number of nitrogens with zero attached hydrogens (tertiary/aromatic N) is 3. The summed E-state index contributed by atoms with van der Waals surface area (Å²) in [6.45, 7) is 6.68. The Kier molecular flexibility index (Phi) is 8.61. The van der Waals surface area contributed by atoms with Crippen molar-refractivity contribution in [3.63, 3.8) is 0 Å². The van der Waals surface area contributed by atoms with Crippen molar-refractivity contribution < 1.29 is 4.79 Å². The van der Waals surface area contributed by atoms with Gasteiger partial charge in [-0.05, 0) is 25.8 Å². The molecule has 2 fully saturated rings. The molecule has 0 aromatic carbocycles. The van der Waals surface area contributed by atoms with Crippen LogP contribution in [0.5, 0.6) is 0 Å². The number of hydrogen-bond acceptors (Lipinski definition) is 5. The zero-order valence-electron chi connectivity index (χ0n) is 13.5. The molecule has 0 saturated carbocycles. The molecular formula is C15H26Cl2N4OS. The normalized spacial score (nSPS) is 20.8. The number of amides is 1. The van der Waals surface area contributed by atoms with Crippen molar-refractivity contribution >= 4 is 47.2 Å². The van der Waals surface area contributed by atoms with Gasteiger partial charge in [0.15, 0.2) is 5.13 Å². The van der Waals surface area contributed by atoms with Crippen LogP contribution < -0.4 is 10.2 Å². The van der Waals surface area contributed by atoms with Gasteiger partial charge in [-0.1, -0.05) is 6.92 Å². The summed E-state index contributed by atoms with van der Waals surface area (Å²) in [6.07, 6.45) is 6.03. The van der Waals surface area contributed by atoms with E-state index in [-0.39, 0.29) is 24.8 Å². The molecule has 3 rings (SSSR count). The highest BCUT2D eigenvalue weighted by atomic mass is 35.5. The largest absolute Gasteiger partial charge is 0.345 e. The lowest BCUT2D eigenvalue weighted by molar-refractivity contribution is -0.131. The molecule has 0 spiro atoms. The number of hydrogen-bond donors (Lipinski definition) is 1. The fourth-order valence-electron chi connectivity index (χ4n) is 3.02. The van der Waals surface area contributed by atoms with E-state index >= 15 is 0 Å². The van der Waals surface area contributed by atoms with Gasteiger partial charge in [0.1, 0.15) is 0 Å². The average Bonchev–Trinajstić information content (AvgIpc) is 3.18. The monoisotopic (exact) mass is 380 g/mol. The van der Waals surface area contributed by atoms with Gasteiger partial charge in [-0.15, -0.1) is 36.2 Å². The Balaban J connectivity index is 0.00000132. The van der Waals surface area contributed by atoms with Gasteiger partial charge in [0.2, 0.25) is 5.91 Å². The van der Waals surface area contributed by atoms with Gasteiger partial charge in [0, 0.05) is 49.7 Å². The summed E-state index contributed by atoms with van der Waals surface area (Å²) in [4.78, 5) is 22.5. The van der Waals surface area contributed by atoms with Crippen molar-refractivity contribution in [2.75, 3.05) is 37.6 Å². The topological polar surface area (TPSA) is 48.5 Å². The van der Waals surface area contributed by atoms with E-state index < -0.39 is 0 Å². The second-order valence-corrected chi connectivity index (χ2v) is 6.92. The van der Waals surface area contributed by atoms with Gasteiger partial charge < -0.3 is 15.1 Å². The van der Waals surface area contributed by atoms with Gasteiger partial charge in [-0.3, -0.25) is 4.79 Å². The summed E-state index contributed by atoms with van der Waals surface area (Å²) in [5.74, 6) is 0.308. The Bertz CT molecular complexity index is 486. The molecule has 1 amide bonds. The van der Waals surface area contributed by atoms with Crippen LogP contribution in [0.4, 0.5) is 5.13 Å². The van der Waals surface area contributed by atoms with Gasteiger partial charge >= 0.3 is 0 Å². The Morgan fingerprint density at radius 2 is 2.09 bits per heavy atom. The number of halogens is 2. The summed E-state index contributed by atoms with van der Waals surface area (Å²) >= 11 is 1.78. The van der Waals surface area contributed by atoms with E-state index in [0.717, 1.165) is 50.7 Å². The van der Waals surface area contributed by atoms with Crippen molar-refractivity contribution in [2.24, 2.45) is 0 Å². The van der Waals surface area contributed by atoms with Crippen LogP contribution >= 0.6 is 36.2 Å². The van der Waals surface area contributed by atoms with Gasteiger partial charge in [-0.25, -0.2) is 4.98 Å². The van der Waals surface area contributed by atoms with E-state index in [9.17, 15) is 4.79 Å². The maximum absolute atomic E-state index is 12.3. The molecule has 2 aliphatic rings. The van der Waals surface area contributed by atoms with Crippen LogP contribution in [0.15, 0.2) is 6.20 Å². The first-order valence-corrected chi connectivity index (χ1v) is 8.78. The lowest BCUT2D eigenvalue weighted by atomic mass is 10.1. The molecule has 0 aliphatic carbocycles. The summed E-state index contributed by atoms with van der Waals surface area (Å²) < 4.78 is 0. The van der Waals surface area contributed by atoms with Crippen molar-refractivity contribution in [1.29, 1.82) is 0 Å². The molecule has 0 radical (unpaired) electrons. The highest BCUT2D eigenvalue weighted by Gasteiger charge is 2.25. The minimum absolute atomic E-state index is 0. The molecule has 1 atom stereocenters. The lowest BCUT2D eigenvalue weighted by Gasteiger charge is -2.35. The summed E-state index contributed by atoms with van der Waals surface area (Å²) in [5, 5.41) is 4.51. The van der Waals surface area contributed by atoms with Gasteiger partial charge in [-0.2, -0.15) is 0 Å². The number of carbonyl (C=O) groups excluding carboxylic acids is 1. The lowest BCUT2D eigenvalue weighted by Crippen LogP contribution is -2.49. The third-order valence-corrected chi connectivity index (χ3v) is 5.58. The van der Waals surface area contributed by atoms with E-state index in [1.54, 1.807) is 11.3 Å². The zero-order chi connectivity index (χ0) is 14.7. The van der Waals surface area contributed by atoms with Gasteiger partial charge in [0.05, 0.1) is 0 Å². The van der Waals surface area contributed by atoms with Crippen molar-refractivity contribution in [2.45, 2.75) is 38.6 Å².